The Morgan fingerprint density at radius 1 is 1.35 bits per heavy atom. The Morgan fingerprint density at radius 2 is 2.25 bits per heavy atom. The molecule has 0 amide bonds. The molecule has 0 aliphatic rings. The number of fused-ring (bicyclic) bond motifs is 1. The number of rotatable bonds is 6. The molecule has 3 rings (SSSR count). The molecule has 3 aromatic rings. The number of aromatic nitrogens is 3. The minimum absolute atomic E-state index is 0.215. The Bertz CT molecular complexity index is 659. The van der Waals surface area contributed by atoms with Gasteiger partial charge in [0.05, 0.1) is 17.9 Å². The number of aromatic amines is 1. The Balaban J connectivity index is 1.85. The molecular weight excluding hydrogens is 268 g/mol. The molecule has 1 aromatic carbocycles. The zero-order chi connectivity index (χ0) is 13.8. The van der Waals surface area contributed by atoms with Gasteiger partial charge in [0.25, 0.3) is 0 Å². The van der Waals surface area contributed by atoms with Crippen LogP contribution < -0.4 is 5.32 Å². The van der Waals surface area contributed by atoms with Crippen LogP contribution in [0.1, 0.15) is 30.6 Å². The van der Waals surface area contributed by atoms with Crippen molar-refractivity contribution in [3.05, 3.63) is 47.1 Å². The molecule has 2 N–H and O–H groups in total. The third kappa shape index (κ3) is 2.73. The molecule has 1 atom stereocenters. The van der Waals surface area contributed by atoms with Crippen LogP contribution in [0.4, 0.5) is 0 Å². The Hall–Kier alpha value is -1.72. The van der Waals surface area contributed by atoms with Crippen molar-refractivity contribution in [2.24, 2.45) is 0 Å². The zero-order valence-electron chi connectivity index (χ0n) is 11.5. The second-order valence-electron chi connectivity index (χ2n) is 4.86. The molecule has 2 aromatic heterocycles. The fourth-order valence-corrected chi connectivity index (χ4v) is 3.36. The number of nitrogens with one attached hydrogen (secondary N) is 2. The van der Waals surface area contributed by atoms with Crippen LogP contribution in [0.5, 0.6) is 0 Å². The van der Waals surface area contributed by atoms with E-state index in [1.54, 1.807) is 11.3 Å². The maximum Gasteiger partial charge on any atom is 0.0997 e. The Morgan fingerprint density at radius 3 is 3.05 bits per heavy atom. The molecule has 0 fully saturated rings. The third-order valence-electron chi connectivity index (χ3n) is 3.42. The summed E-state index contributed by atoms with van der Waals surface area (Å²) >= 11 is 1.81. The van der Waals surface area contributed by atoms with Gasteiger partial charge in [-0.15, -0.1) is 11.3 Å². The van der Waals surface area contributed by atoms with Crippen molar-refractivity contribution in [3.63, 3.8) is 0 Å². The molecule has 104 valence electrons. The highest BCUT2D eigenvalue weighted by atomic mass is 32.1. The third-order valence-corrected chi connectivity index (χ3v) is 4.43. The number of hydrogen-bond acceptors (Lipinski definition) is 4. The molecule has 0 saturated heterocycles. The molecule has 0 spiro atoms. The minimum atomic E-state index is 0.215. The summed E-state index contributed by atoms with van der Waals surface area (Å²) in [5.74, 6) is 0. The maximum absolute atomic E-state index is 4.23. The first-order valence-electron chi connectivity index (χ1n) is 6.92. The first kappa shape index (κ1) is 13.3. The average Bonchev–Trinajstić information content (AvgIpc) is 3.13. The van der Waals surface area contributed by atoms with Gasteiger partial charge in [0.15, 0.2) is 0 Å². The highest BCUT2D eigenvalue weighted by Gasteiger charge is 2.16. The predicted molar refractivity (Wildman–Crippen MR) is 82.9 cm³/mol. The normalized spacial score (nSPS) is 12.8. The lowest BCUT2D eigenvalue weighted by Crippen LogP contribution is -2.24. The summed E-state index contributed by atoms with van der Waals surface area (Å²) in [4.78, 5) is 0. The number of H-pyrrole nitrogens is 1. The van der Waals surface area contributed by atoms with Crippen LogP contribution in [0.15, 0.2) is 35.8 Å². The molecule has 0 radical (unpaired) electrons. The van der Waals surface area contributed by atoms with E-state index in [9.17, 15) is 0 Å². The molecule has 0 bridgehead atoms. The van der Waals surface area contributed by atoms with Crippen LogP contribution >= 0.6 is 11.3 Å². The molecule has 4 nitrogen and oxygen atoms in total. The van der Waals surface area contributed by atoms with E-state index in [0.29, 0.717) is 0 Å². The summed E-state index contributed by atoms with van der Waals surface area (Å²) in [6.45, 7) is 3.16. The van der Waals surface area contributed by atoms with Gasteiger partial charge < -0.3 is 5.32 Å². The van der Waals surface area contributed by atoms with Crippen LogP contribution in [-0.4, -0.2) is 22.0 Å². The van der Waals surface area contributed by atoms with Crippen molar-refractivity contribution >= 4 is 21.4 Å². The molecule has 20 heavy (non-hydrogen) atoms. The van der Waals surface area contributed by atoms with Crippen LogP contribution in [0.2, 0.25) is 0 Å². The van der Waals surface area contributed by atoms with Crippen molar-refractivity contribution in [2.75, 3.05) is 6.54 Å². The van der Waals surface area contributed by atoms with E-state index < -0.39 is 0 Å². The van der Waals surface area contributed by atoms with Gasteiger partial charge in [-0.05, 0) is 41.8 Å². The van der Waals surface area contributed by atoms with Gasteiger partial charge in [0, 0.05) is 4.70 Å². The van der Waals surface area contributed by atoms with E-state index in [4.69, 9.17) is 0 Å². The van der Waals surface area contributed by atoms with Gasteiger partial charge in [-0.2, -0.15) is 15.4 Å². The average molecular weight is 286 g/mol. The number of nitrogens with zero attached hydrogens (tertiary/aromatic N) is 2. The van der Waals surface area contributed by atoms with E-state index in [1.807, 2.05) is 6.20 Å². The van der Waals surface area contributed by atoms with Crippen molar-refractivity contribution in [1.82, 2.24) is 20.7 Å². The standard InChI is InChI=1S/C15H18N4S/c1-2-7-16-13(14-9-17-19-18-14)8-11-10-20-15-6-4-3-5-12(11)15/h3-6,9-10,13,16H,2,7-8H2,1H3,(H,17,18,19). The van der Waals surface area contributed by atoms with Gasteiger partial charge in [-0.1, -0.05) is 25.1 Å². The zero-order valence-corrected chi connectivity index (χ0v) is 12.3. The summed E-state index contributed by atoms with van der Waals surface area (Å²) in [7, 11) is 0. The number of hydrogen-bond donors (Lipinski definition) is 2. The van der Waals surface area contributed by atoms with Crippen LogP contribution in [0, 0.1) is 0 Å². The summed E-state index contributed by atoms with van der Waals surface area (Å²) in [5, 5.41) is 18.0. The Labute approximate surface area is 122 Å². The van der Waals surface area contributed by atoms with Gasteiger partial charge in [0.2, 0.25) is 0 Å². The smallest absolute Gasteiger partial charge is 0.0997 e. The lowest BCUT2D eigenvalue weighted by atomic mass is 10.0. The lowest BCUT2D eigenvalue weighted by molar-refractivity contribution is 0.518. The molecule has 0 aliphatic heterocycles. The highest BCUT2D eigenvalue weighted by Crippen LogP contribution is 2.28. The summed E-state index contributed by atoms with van der Waals surface area (Å²) in [6.07, 6.45) is 3.86. The van der Waals surface area contributed by atoms with Crippen molar-refractivity contribution < 1.29 is 0 Å². The summed E-state index contributed by atoms with van der Waals surface area (Å²) in [5.41, 5.74) is 2.36. The first-order chi connectivity index (χ1) is 9.88. The Kier molecular flexibility index (Phi) is 4.08. The summed E-state index contributed by atoms with van der Waals surface area (Å²) < 4.78 is 1.34. The van der Waals surface area contributed by atoms with E-state index >= 15 is 0 Å². The van der Waals surface area contributed by atoms with Crippen molar-refractivity contribution in [2.45, 2.75) is 25.8 Å². The lowest BCUT2D eigenvalue weighted by Gasteiger charge is -2.15. The molecule has 0 aliphatic carbocycles. The predicted octanol–water partition coefficient (Wildman–Crippen LogP) is 3.30. The molecule has 5 heteroatoms. The first-order valence-corrected chi connectivity index (χ1v) is 7.80. The fourth-order valence-electron chi connectivity index (χ4n) is 2.39. The minimum Gasteiger partial charge on any atom is -0.308 e. The molecule has 1 unspecified atom stereocenters. The van der Waals surface area contributed by atoms with Gasteiger partial charge in [-0.25, -0.2) is 0 Å². The second kappa shape index (κ2) is 6.15. The SMILES string of the molecule is CCCNC(Cc1csc2ccccc12)c1cn[nH]n1. The van der Waals surface area contributed by atoms with Crippen molar-refractivity contribution in [3.8, 4) is 0 Å². The van der Waals surface area contributed by atoms with Crippen molar-refractivity contribution in [1.29, 1.82) is 0 Å². The monoisotopic (exact) mass is 286 g/mol. The van der Waals surface area contributed by atoms with Crippen LogP contribution in [0.25, 0.3) is 10.1 Å². The highest BCUT2D eigenvalue weighted by molar-refractivity contribution is 7.17. The van der Waals surface area contributed by atoms with Gasteiger partial charge in [-0.3, -0.25) is 0 Å². The molecule has 0 saturated carbocycles. The quantitative estimate of drug-likeness (QED) is 0.731. The van der Waals surface area contributed by atoms with Crippen LogP contribution in [-0.2, 0) is 6.42 Å². The fraction of sp³-hybridized carbons (Fsp3) is 0.333. The van der Waals surface area contributed by atoms with E-state index in [1.165, 1.54) is 15.6 Å². The second-order valence-corrected chi connectivity index (χ2v) is 5.77. The van der Waals surface area contributed by atoms with E-state index in [2.05, 4.69) is 57.3 Å². The van der Waals surface area contributed by atoms with Gasteiger partial charge in [0.1, 0.15) is 0 Å². The summed E-state index contributed by atoms with van der Waals surface area (Å²) in [6, 6.07) is 8.78. The largest absolute Gasteiger partial charge is 0.308 e. The topological polar surface area (TPSA) is 53.6 Å². The van der Waals surface area contributed by atoms with E-state index in [-0.39, 0.29) is 6.04 Å². The number of benzene rings is 1. The number of thiophene rings is 1. The molecular formula is C15H18N4S. The van der Waals surface area contributed by atoms with Crippen LogP contribution in [0.3, 0.4) is 0 Å². The molecule has 2 heterocycles. The maximum atomic E-state index is 4.23. The van der Waals surface area contributed by atoms with E-state index in [0.717, 1.165) is 25.1 Å². The van der Waals surface area contributed by atoms with Gasteiger partial charge >= 0.3 is 0 Å².